The molecule has 2 N–H and O–H groups in total. The maximum atomic E-state index is 4.31. The molecule has 2 unspecified atom stereocenters. The summed E-state index contributed by atoms with van der Waals surface area (Å²) in [5.74, 6) is 3.08. The first kappa shape index (κ1) is 14.4. The molecule has 0 bridgehead atoms. The van der Waals surface area contributed by atoms with E-state index in [9.17, 15) is 0 Å². The second-order valence-electron chi connectivity index (χ2n) is 4.95. The molecule has 1 fully saturated rings. The van der Waals surface area contributed by atoms with E-state index in [1.54, 1.807) is 6.33 Å². The summed E-state index contributed by atoms with van der Waals surface area (Å²) < 4.78 is 0. The topological polar surface area (TPSA) is 49.8 Å². The van der Waals surface area contributed by atoms with Crippen molar-refractivity contribution in [3.63, 3.8) is 0 Å². The Labute approximate surface area is 120 Å². The highest BCUT2D eigenvalue weighted by Crippen LogP contribution is 2.31. The molecule has 1 aliphatic rings. The molecular weight excluding hydrogens is 256 g/mol. The predicted octanol–water partition coefficient (Wildman–Crippen LogP) is 3.38. The molecule has 1 aromatic heterocycles. The van der Waals surface area contributed by atoms with E-state index in [-0.39, 0.29) is 0 Å². The molecule has 0 amide bonds. The molecule has 4 nitrogen and oxygen atoms in total. The normalized spacial score (nSPS) is 22.4. The van der Waals surface area contributed by atoms with Crippen LogP contribution in [0, 0.1) is 0 Å². The van der Waals surface area contributed by atoms with Gasteiger partial charge in [-0.05, 0) is 31.4 Å². The summed E-state index contributed by atoms with van der Waals surface area (Å²) in [5.41, 5.74) is 0. The van der Waals surface area contributed by atoms with E-state index in [4.69, 9.17) is 0 Å². The smallest absolute Gasteiger partial charge is 0.131 e. The second-order valence-corrected chi connectivity index (χ2v) is 6.52. The highest BCUT2D eigenvalue weighted by atomic mass is 32.2. The van der Waals surface area contributed by atoms with Crippen LogP contribution in [0.5, 0.6) is 0 Å². The number of thioether (sulfide) groups is 1. The van der Waals surface area contributed by atoms with Crippen molar-refractivity contribution in [3.05, 3.63) is 12.4 Å². The van der Waals surface area contributed by atoms with Crippen LogP contribution in [0.2, 0.25) is 0 Å². The molecule has 1 aromatic rings. The summed E-state index contributed by atoms with van der Waals surface area (Å²) in [6, 6.07) is 2.58. The van der Waals surface area contributed by atoms with Gasteiger partial charge in [0.25, 0.3) is 0 Å². The van der Waals surface area contributed by atoms with Crippen LogP contribution in [0.4, 0.5) is 11.6 Å². The van der Waals surface area contributed by atoms with Crippen LogP contribution in [-0.2, 0) is 0 Å². The fourth-order valence-electron chi connectivity index (χ4n) is 2.45. The third-order valence-electron chi connectivity index (χ3n) is 3.36. The highest BCUT2D eigenvalue weighted by molar-refractivity contribution is 7.99. The Morgan fingerprint density at radius 2 is 2.11 bits per heavy atom. The van der Waals surface area contributed by atoms with Crippen molar-refractivity contribution in [1.82, 2.24) is 9.97 Å². The zero-order chi connectivity index (χ0) is 13.5. The summed E-state index contributed by atoms with van der Waals surface area (Å²) in [6.45, 7) is 5.34. The van der Waals surface area contributed by atoms with Crippen LogP contribution in [-0.4, -0.2) is 33.6 Å². The molecular formula is C14H24N4S. The molecule has 106 valence electrons. The van der Waals surface area contributed by atoms with Crippen LogP contribution < -0.4 is 10.6 Å². The summed E-state index contributed by atoms with van der Waals surface area (Å²) in [7, 11) is 0. The molecule has 0 spiro atoms. The van der Waals surface area contributed by atoms with E-state index in [0.29, 0.717) is 6.04 Å². The van der Waals surface area contributed by atoms with E-state index in [0.717, 1.165) is 29.9 Å². The lowest BCUT2D eigenvalue weighted by Crippen LogP contribution is -2.17. The van der Waals surface area contributed by atoms with Crippen LogP contribution >= 0.6 is 11.8 Å². The fourth-order valence-corrected chi connectivity index (χ4v) is 3.60. The third-order valence-corrected chi connectivity index (χ3v) is 4.59. The first-order valence-corrected chi connectivity index (χ1v) is 8.30. The van der Waals surface area contributed by atoms with Crippen molar-refractivity contribution in [2.45, 2.75) is 50.8 Å². The molecule has 19 heavy (non-hydrogen) atoms. The second kappa shape index (κ2) is 7.58. The maximum Gasteiger partial charge on any atom is 0.131 e. The largest absolute Gasteiger partial charge is 0.370 e. The molecule has 2 atom stereocenters. The number of aromatic nitrogens is 2. The van der Waals surface area contributed by atoms with Crippen LogP contribution in [0.15, 0.2) is 12.4 Å². The van der Waals surface area contributed by atoms with Gasteiger partial charge in [-0.25, -0.2) is 9.97 Å². The van der Waals surface area contributed by atoms with Crippen molar-refractivity contribution in [2.24, 2.45) is 0 Å². The molecule has 0 saturated heterocycles. The highest BCUT2D eigenvalue weighted by Gasteiger charge is 2.24. The Kier molecular flexibility index (Phi) is 5.76. The Balaban J connectivity index is 1.85. The zero-order valence-corrected chi connectivity index (χ0v) is 12.7. The minimum Gasteiger partial charge on any atom is -0.370 e. The van der Waals surface area contributed by atoms with E-state index in [1.807, 2.05) is 6.07 Å². The number of rotatable bonds is 7. The molecule has 1 aliphatic carbocycles. The molecule has 0 aliphatic heterocycles. The first-order valence-electron chi connectivity index (χ1n) is 7.25. The monoisotopic (exact) mass is 280 g/mol. The molecule has 1 saturated carbocycles. The average molecular weight is 280 g/mol. The predicted molar refractivity (Wildman–Crippen MR) is 84.0 cm³/mol. The van der Waals surface area contributed by atoms with Crippen molar-refractivity contribution in [3.8, 4) is 0 Å². The molecule has 5 heteroatoms. The summed E-state index contributed by atoms with van der Waals surface area (Å²) >= 11 is 2.08. The lowest BCUT2D eigenvalue weighted by Gasteiger charge is -2.14. The Bertz CT molecular complexity index is 385. The summed E-state index contributed by atoms with van der Waals surface area (Å²) in [4.78, 5) is 8.54. The Morgan fingerprint density at radius 3 is 2.89 bits per heavy atom. The quantitative estimate of drug-likeness (QED) is 0.802. The molecule has 0 radical (unpaired) electrons. The maximum absolute atomic E-state index is 4.31. The molecule has 1 heterocycles. The number of anilines is 2. The van der Waals surface area contributed by atoms with Gasteiger partial charge in [-0.2, -0.15) is 11.8 Å². The Hall–Kier alpha value is -0.970. The van der Waals surface area contributed by atoms with Gasteiger partial charge >= 0.3 is 0 Å². The number of nitrogens with one attached hydrogen (secondary N) is 2. The van der Waals surface area contributed by atoms with Gasteiger partial charge in [-0.1, -0.05) is 13.8 Å². The van der Waals surface area contributed by atoms with Crippen molar-refractivity contribution >= 4 is 23.4 Å². The van der Waals surface area contributed by atoms with E-state index >= 15 is 0 Å². The fraction of sp³-hybridized carbons (Fsp3) is 0.714. The van der Waals surface area contributed by atoms with Gasteiger partial charge in [-0.15, -0.1) is 0 Å². The van der Waals surface area contributed by atoms with Gasteiger partial charge in [0.05, 0.1) is 0 Å². The number of nitrogens with zero attached hydrogens (tertiary/aromatic N) is 2. The van der Waals surface area contributed by atoms with Gasteiger partial charge in [0.15, 0.2) is 0 Å². The summed E-state index contributed by atoms with van der Waals surface area (Å²) in [5, 5.41) is 7.66. The van der Waals surface area contributed by atoms with Gasteiger partial charge in [-0.3, -0.25) is 0 Å². The zero-order valence-electron chi connectivity index (χ0n) is 11.9. The van der Waals surface area contributed by atoms with Crippen molar-refractivity contribution < 1.29 is 0 Å². The van der Waals surface area contributed by atoms with Crippen LogP contribution in [0.3, 0.4) is 0 Å². The minimum atomic E-state index is 0.568. The van der Waals surface area contributed by atoms with Crippen molar-refractivity contribution in [2.75, 3.05) is 22.9 Å². The van der Waals surface area contributed by atoms with Crippen LogP contribution in [0.25, 0.3) is 0 Å². The Morgan fingerprint density at radius 1 is 1.26 bits per heavy atom. The standard InChI is InChI=1S/C14H24N4S/c1-3-7-15-13-9-14(17-10-16-13)18-11-5-6-12(8-11)19-4-2/h9-12H,3-8H2,1-2H3,(H2,15,16,17,18). The average Bonchev–Trinajstić information content (AvgIpc) is 2.85. The van der Waals surface area contributed by atoms with E-state index < -0.39 is 0 Å². The first-order chi connectivity index (χ1) is 9.31. The number of hydrogen-bond donors (Lipinski definition) is 2. The minimum absolute atomic E-state index is 0.568. The molecule has 0 aromatic carbocycles. The van der Waals surface area contributed by atoms with Gasteiger partial charge in [0.2, 0.25) is 0 Å². The third kappa shape index (κ3) is 4.56. The van der Waals surface area contributed by atoms with Gasteiger partial charge in [0.1, 0.15) is 18.0 Å². The van der Waals surface area contributed by atoms with Gasteiger partial charge in [0, 0.05) is 23.9 Å². The van der Waals surface area contributed by atoms with Crippen LogP contribution in [0.1, 0.15) is 39.5 Å². The van der Waals surface area contributed by atoms with Crippen molar-refractivity contribution in [1.29, 1.82) is 0 Å². The molecule has 2 rings (SSSR count). The van der Waals surface area contributed by atoms with Gasteiger partial charge < -0.3 is 10.6 Å². The SMILES string of the molecule is CCCNc1cc(NC2CCC(SCC)C2)ncn1. The summed E-state index contributed by atoms with van der Waals surface area (Å²) in [6.07, 6.45) is 6.56. The van der Waals surface area contributed by atoms with E-state index in [1.165, 1.54) is 25.0 Å². The number of hydrogen-bond acceptors (Lipinski definition) is 5. The lowest BCUT2D eigenvalue weighted by atomic mass is 10.2. The van der Waals surface area contributed by atoms with E-state index in [2.05, 4.69) is 46.2 Å². The lowest BCUT2D eigenvalue weighted by molar-refractivity contribution is 0.751.